The van der Waals surface area contributed by atoms with Crippen molar-refractivity contribution in [3.63, 3.8) is 0 Å². The fourth-order valence-corrected chi connectivity index (χ4v) is 1.24. The summed E-state index contributed by atoms with van der Waals surface area (Å²) in [6.45, 7) is 5.18. The summed E-state index contributed by atoms with van der Waals surface area (Å²) in [4.78, 5) is 25.7. The number of carbonyl (C=O) groups is 2. The van der Waals surface area contributed by atoms with Gasteiger partial charge < -0.3 is 10.0 Å². The zero-order chi connectivity index (χ0) is 13.4. The highest BCUT2D eigenvalue weighted by atomic mass is 16.4. The van der Waals surface area contributed by atoms with Crippen LogP contribution in [-0.2, 0) is 9.59 Å². The van der Waals surface area contributed by atoms with E-state index in [0.29, 0.717) is 18.7 Å². The third-order valence-corrected chi connectivity index (χ3v) is 2.39. The largest absolute Gasteiger partial charge is 0.478 e. The van der Waals surface area contributed by atoms with Gasteiger partial charge in [-0.15, -0.1) is 0 Å². The second-order valence-electron chi connectivity index (χ2n) is 4.22. The van der Waals surface area contributed by atoms with Gasteiger partial charge in [0.2, 0.25) is 5.91 Å². The molecule has 5 nitrogen and oxygen atoms in total. The number of hydrogen-bond donors (Lipinski definition) is 1. The Labute approximate surface area is 103 Å². The summed E-state index contributed by atoms with van der Waals surface area (Å²) in [5.74, 6) is -0.889. The van der Waals surface area contributed by atoms with E-state index < -0.39 is 5.97 Å². The number of aliphatic carboxylic acids is 1. The van der Waals surface area contributed by atoms with Crippen LogP contribution in [0.25, 0.3) is 0 Å². The highest BCUT2D eigenvalue weighted by Crippen LogP contribution is 1.98. The number of likely N-dealkylation sites (N-methyl/N-ethyl adjacent to an activating group) is 1. The standard InChI is InChI=1S/C12H22N2O3/c1-5-7-14(9-11(15)13(3)4)8-6-10(2)12(16)17/h6H,5,7-9H2,1-4H3,(H,16,17). The van der Waals surface area contributed by atoms with E-state index >= 15 is 0 Å². The van der Waals surface area contributed by atoms with E-state index in [9.17, 15) is 9.59 Å². The smallest absolute Gasteiger partial charge is 0.330 e. The molecule has 17 heavy (non-hydrogen) atoms. The van der Waals surface area contributed by atoms with Gasteiger partial charge in [-0.1, -0.05) is 13.0 Å². The Hall–Kier alpha value is -1.36. The van der Waals surface area contributed by atoms with Gasteiger partial charge in [0.1, 0.15) is 0 Å². The fourth-order valence-electron chi connectivity index (χ4n) is 1.24. The molecular weight excluding hydrogens is 220 g/mol. The fraction of sp³-hybridized carbons (Fsp3) is 0.667. The Morgan fingerprint density at radius 3 is 2.29 bits per heavy atom. The Morgan fingerprint density at radius 2 is 1.88 bits per heavy atom. The first-order chi connectivity index (χ1) is 7.88. The van der Waals surface area contributed by atoms with Crippen molar-refractivity contribution in [1.29, 1.82) is 0 Å². The van der Waals surface area contributed by atoms with Gasteiger partial charge in [0, 0.05) is 26.2 Å². The van der Waals surface area contributed by atoms with Crippen LogP contribution in [0.2, 0.25) is 0 Å². The van der Waals surface area contributed by atoms with Crippen LogP contribution >= 0.6 is 0 Å². The van der Waals surface area contributed by atoms with E-state index in [1.807, 2.05) is 11.8 Å². The third kappa shape index (κ3) is 6.73. The summed E-state index contributed by atoms with van der Waals surface area (Å²) >= 11 is 0. The molecule has 0 aliphatic heterocycles. The molecule has 1 N–H and O–H groups in total. The Balaban J connectivity index is 4.39. The maximum atomic E-state index is 11.6. The molecule has 5 heteroatoms. The van der Waals surface area contributed by atoms with Crippen LogP contribution < -0.4 is 0 Å². The number of carboxylic acid groups (broad SMARTS) is 1. The SMILES string of the molecule is CCCN(CC=C(C)C(=O)O)CC(=O)N(C)C. The molecule has 0 atom stereocenters. The van der Waals surface area contributed by atoms with Crippen LogP contribution in [0.15, 0.2) is 11.6 Å². The lowest BCUT2D eigenvalue weighted by Crippen LogP contribution is -2.37. The molecule has 0 aliphatic carbocycles. The molecule has 0 rings (SSSR count). The summed E-state index contributed by atoms with van der Waals surface area (Å²) in [6.07, 6.45) is 2.57. The molecule has 0 aromatic heterocycles. The van der Waals surface area contributed by atoms with E-state index in [4.69, 9.17) is 5.11 Å². The molecule has 0 saturated heterocycles. The van der Waals surface area contributed by atoms with Crippen molar-refractivity contribution in [2.24, 2.45) is 0 Å². The van der Waals surface area contributed by atoms with Gasteiger partial charge in [0.05, 0.1) is 6.54 Å². The maximum absolute atomic E-state index is 11.6. The van der Waals surface area contributed by atoms with Crippen molar-refractivity contribution in [1.82, 2.24) is 9.80 Å². The summed E-state index contributed by atoms with van der Waals surface area (Å²) in [5.41, 5.74) is 0.309. The number of carboxylic acids is 1. The molecule has 0 bridgehead atoms. The van der Waals surface area contributed by atoms with Gasteiger partial charge >= 0.3 is 5.97 Å². The van der Waals surface area contributed by atoms with Crippen molar-refractivity contribution in [2.75, 3.05) is 33.7 Å². The molecule has 1 amide bonds. The predicted octanol–water partition coefficient (Wildman–Crippen LogP) is 0.818. The molecule has 0 aliphatic rings. The van der Waals surface area contributed by atoms with Crippen molar-refractivity contribution in [3.05, 3.63) is 11.6 Å². The second-order valence-corrected chi connectivity index (χ2v) is 4.22. The van der Waals surface area contributed by atoms with Crippen LogP contribution in [-0.4, -0.2) is 60.5 Å². The van der Waals surface area contributed by atoms with Crippen molar-refractivity contribution in [2.45, 2.75) is 20.3 Å². The molecule has 0 radical (unpaired) electrons. The van der Waals surface area contributed by atoms with E-state index in [1.54, 1.807) is 27.1 Å². The van der Waals surface area contributed by atoms with Crippen molar-refractivity contribution in [3.8, 4) is 0 Å². The summed E-state index contributed by atoms with van der Waals surface area (Å²) < 4.78 is 0. The monoisotopic (exact) mass is 242 g/mol. The van der Waals surface area contributed by atoms with Crippen LogP contribution in [0.5, 0.6) is 0 Å². The highest BCUT2D eigenvalue weighted by Gasteiger charge is 2.11. The minimum absolute atomic E-state index is 0.0276. The van der Waals surface area contributed by atoms with Gasteiger partial charge in [-0.3, -0.25) is 9.69 Å². The molecule has 0 aromatic carbocycles. The molecule has 0 heterocycles. The van der Waals surface area contributed by atoms with Gasteiger partial charge in [0.25, 0.3) is 0 Å². The zero-order valence-electron chi connectivity index (χ0n) is 11.1. The number of carbonyl (C=O) groups excluding carboxylic acids is 1. The first kappa shape index (κ1) is 15.6. The van der Waals surface area contributed by atoms with E-state index in [-0.39, 0.29) is 5.91 Å². The number of hydrogen-bond acceptors (Lipinski definition) is 3. The predicted molar refractivity (Wildman–Crippen MR) is 66.8 cm³/mol. The number of nitrogens with zero attached hydrogens (tertiary/aromatic N) is 2. The Morgan fingerprint density at radius 1 is 1.29 bits per heavy atom. The topological polar surface area (TPSA) is 60.9 Å². The summed E-state index contributed by atoms with van der Waals surface area (Å²) in [6, 6.07) is 0. The molecule has 0 fully saturated rings. The molecule has 0 aromatic rings. The molecule has 0 unspecified atom stereocenters. The average molecular weight is 242 g/mol. The Kier molecular flexibility index (Phi) is 7.21. The third-order valence-electron chi connectivity index (χ3n) is 2.39. The quantitative estimate of drug-likeness (QED) is 0.671. The molecule has 98 valence electrons. The first-order valence-electron chi connectivity index (χ1n) is 5.71. The van der Waals surface area contributed by atoms with E-state index in [0.717, 1.165) is 13.0 Å². The van der Waals surface area contributed by atoms with Crippen LogP contribution in [0.1, 0.15) is 20.3 Å². The lowest BCUT2D eigenvalue weighted by molar-refractivity contribution is -0.132. The number of rotatable bonds is 7. The minimum Gasteiger partial charge on any atom is -0.478 e. The van der Waals surface area contributed by atoms with Gasteiger partial charge in [0.15, 0.2) is 0 Å². The van der Waals surface area contributed by atoms with E-state index in [1.165, 1.54) is 4.90 Å². The highest BCUT2D eigenvalue weighted by molar-refractivity contribution is 5.85. The number of amides is 1. The molecule has 0 spiro atoms. The van der Waals surface area contributed by atoms with Gasteiger partial charge in [-0.2, -0.15) is 0 Å². The van der Waals surface area contributed by atoms with Crippen molar-refractivity contribution < 1.29 is 14.7 Å². The van der Waals surface area contributed by atoms with Gasteiger partial charge in [-0.05, 0) is 19.9 Å². The van der Waals surface area contributed by atoms with Crippen LogP contribution in [0.4, 0.5) is 0 Å². The second kappa shape index (κ2) is 7.84. The maximum Gasteiger partial charge on any atom is 0.330 e. The normalized spacial score (nSPS) is 11.7. The van der Waals surface area contributed by atoms with E-state index in [2.05, 4.69) is 0 Å². The molecule has 0 saturated carbocycles. The van der Waals surface area contributed by atoms with Crippen LogP contribution in [0, 0.1) is 0 Å². The average Bonchev–Trinajstić information content (AvgIpc) is 2.25. The lowest BCUT2D eigenvalue weighted by Gasteiger charge is -2.21. The zero-order valence-corrected chi connectivity index (χ0v) is 11.1. The summed E-state index contributed by atoms with van der Waals surface area (Å²) in [5, 5.41) is 8.73. The lowest BCUT2D eigenvalue weighted by atomic mass is 10.2. The first-order valence-corrected chi connectivity index (χ1v) is 5.71. The van der Waals surface area contributed by atoms with Crippen LogP contribution in [0.3, 0.4) is 0 Å². The Bertz CT molecular complexity index is 298. The summed E-state index contributed by atoms with van der Waals surface area (Å²) in [7, 11) is 3.43. The van der Waals surface area contributed by atoms with Crippen molar-refractivity contribution >= 4 is 11.9 Å². The van der Waals surface area contributed by atoms with Gasteiger partial charge in [-0.25, -0.2) is 4.79 Å². The minimum atomic E-state index is -0.916. The molecular formula is C12H22N2O3.